The van der Waals surface area contributed by atoms with Gasteiger partial charge in [0.15, 0.2) is 12.1 Å². The first-order valence-corrected chi connectivity index (χ1v) is 20.3. The Hall–Kier alpha value is -3.75. The van der Waals surface area contributed by atoms with E-state index < -0.39 is 18.1 Å². The molecule has 0 amide bonds. The zero-order valence-corrected chi connectivity index (χ0v) is 34.4. The molecule has 0 aliphatic heterocycles. The molecule has 0 saturated carbocycles. The van der Waals surface area contributed by atoms with Gasteiger partial charge >= 0.3 is 17.9 Å². The average molecular weight is 753 g/mol. The normalized spacial score (nSPS) is 14.0. The van der Waals surface area contributed by atoms with Crippen molar-refractivity contribution in [1.82, 2.24) is 0 Å². The third-order valence-corrected chi connectivity index (χ3v) is 8.31. The number of quaternary nitrogens is 1. The monoisotopic (exact) mass is 753 g/mol. The summed E-state index contributed by atoms with van der Waals surface area (Å²) in [5.41, 5.74) is 0. The largest absolute Gasteiger partial charge is 0.477 e. The van der Waals surface area contributed by atoms with Gasteiger partial charge in [-0.2, -0.15) is 0 Å². The summed E-state index contributed by atoms with van der Waals surface area (Å²) in [6, 6.07) is -0.635. The SMILES string of the molecule is CC/C=C/C=C/C=C/C=C/CCCCCC(=O)OC(COCCC(C(=O)O)[N+](C)(C)C)COC(=O)CCC/C=C/C/C=C/C/C=C/C/C=C/CCCCC. The highest BCUT2D eigenvalue weighted by Gasteiger charge is 2.31. The number of nitrogens with zero attached hydrogens (tertiary/aromatic N) is 1. The summed E-state index contributed by atoms with van der Waals surface area (Å²) in [7, 11) is 5.47. The van der Waals surface area contributed by atoms with E-state index in [0.29, 0.717) is 19.3 Å². The molecule has 8 nitrogen and oxygen atoms in total. The van der Waals surface area contributed by atoms with Crippen molar-refractivity contribution in [3.05, 3.63) is 97.2 Å². The lowest BCUT2D eigenvalue weighted by Gasteiger charge is -2.31. The number of unbranched alkanes of at least 4 members (excludes halogenated alkanes) is 7. The number of allylic oxidation sites excluding steroid dienone is 16. The molecule has 0 fully saturated rings. The van der Waals surface area contributed by atoms with E-state index in [1.54, 1.807) is 0 Å². The van der Waals surface area contributed by atoms with Crippen LogP contribution in [0.4, 0.5) is 0 Å². The molecular weight excluding hydrogens is 679 g/mol. The molecule has 2 atom stereocenters. The molecule has 2 unspecified atom stereocenters. The molecule has 0 aromatic rings. The second kappa shape index (κ2) is 36.2. The fraction of sp³-hybridized carbons (Fsp3) is 0.587. The number of hydrogen-bond donors (Lipinski definition) is 1. The quantitative estimate of drug-likeness (QED) is 0.0230. The Morgan fingerprint density at radius 2 is 1.13 bits per heavy atom. The third kappa shape index (κ3) is 34.0. The summed E-state index contributed by atoms with van der Waals surface area (Å²) >= 11 is 0. The van der Waals surface area contributed by atoms with Crippen molar-refractivity contribution in [2.24, 2.45) is 0 Å². The minimum Gasteiger partial charge on any atom is -0.477 e. The summed E-state index contributed by atoms with van der Waals surface area (Å²) in [5, 5.41) is 9.59. The van der Waals surface area contributed by atoms with Crippen LogP contribution in [-0.2, 0) is 28.6 Å². The van der Waals surface area contributed by atoms with Gasteiger partial charge in [0.2, 0.25) is 0 Å². The topological polar surface area (TPSA) is 99.1 Å². The van der Waals surface area contributed by atoms with E-state index in [0.717, 1.165) is 51.4 Å². The van der Waals surface area contributed by atoms with Crippen LogP contribution in [0, 0.1) is 0 Å². The van der Waals surface area contributed by atoms with Gasteiger partial charge in [0, 0.05) is 19.3 Å². The van der Waals surface area contributed by atoms with E-state index >= 15 is 0 Å². The first kappa shape index (κ1) is 50.2. The lowest BCUT2D eigenvalue weighted by Crippen LogP contribution is -2.50. The van der Waals surface area contributed by atoms with Gasteiger partial charge < -0.3 is 23.8 Å². The third-order valence-electron chi connectivity index (χ3n) is 8.31. The molecule has 0 aromatic carbocycles. The second-order valence-corrected chi connectivity index (χ2v) is 14.2. The van der Waals surface area contributed by atoms with Gasteiger partial charge in [0.25, 0.3) is 0 Å². The summed E-state index contributed by atoms with van der Waals surface area (Å²) in [6.45, 7) is 4.43. The number of ether oxygens (including phenoxy) is 3. The molecule has 0 saturated heterocycles. The lowest BCUT2D eigenvalue weighted by atomic mass is 10.1. The molecule has 54 heavy (non-hydrogen) atoms. The second-order valence-electron chi connectivity index (χ2n) is 14.2. The Labute approximate surface area is 328 Å². The van der Waals surface area contributed by atoms with Gasteiger partial charge in [0.1, 0.15) is 6.61 Å². The van der Waals surface area contributed by atoms with Gasteiger partial charge in [-0.3, -0.25) is 9.59 Å². The van der Waals surface area contributed by atoms with E-state index in [-0.39, 0.29) is 49.1 Å². The van der Waals surface area contributed by atoms with E-state index in [9.17, 15) is 19.5 Å². The van der Waals surface area contributed by atoms with Crippen LogP contribution >= 0.6 is 0 Å². The molecule has 304 valence electrons. The first-order valence-electron chi connectivity index (χ1n) is 20.3. The predicted octanol–water partition coefficient (Wildman–Crippen LogP) is 10.7. The summed E-state index contributed by atoms with van der Waals surface area (Å²) in [6.07, 6.45) is 47.5. The zero-order valence-electron chi connectivity index (χ0n) is 34.4. The molecule has 0 bridgehead atoms. The summed E-state index contributed by atoms with van der Waals surface area (Å²) < 4.78 is 17.1. The number of carbonyl (C=O) groups is 3. The van der Waals surface area contributed by atoms with E-state index in [4.69, 9.17) is 14.2 Å². The number of carbonyl (C=O) groups excluding carboxylic acids is 2. The highest BCUT2D eigenvalue weighted by molar-refractivity contribution is 5.72. The van der Waals surface area contributed by atoms with Crippen molar-refractivity contribution in [3.63, 3.8) is 0 Å². The Balaban J connectivity index is 4.57. The van der Waals surface area contributed by atoms with E-state index in [1.807, 2.05) is 57.6 Å². The first-order chi connectivity index (χ1) is 26.1. The highest BCUT2D eigenvalue weighted by Crippen LogP contribution is 2.11. The molecule has 0 aliphatic rings. The minimum atomic E-state index is -0.895. The standard InChI is InChI=1S/C46H73NO7/c1-6-8-10-12-14-16-18-20-21-22-23-25-26-28-30-32-34-36-44(48)53-41-42(40-52-39-38-43(46(50)51)47(3,4)5)54-45(49)37-35-33-31-29-27-24-19-17-15-13-11-9-7-2/h9,11,13-17,19-21,23-25,27-28,30,42-43H,6-8,10,12,18,22,26,29,31-41H2,1-5H3/p+1/b11-9+,15-13+,16-14+,19-17+,21-20+,25-23+,27-24+,30-28+. The van der Waals surface area contributed by atoms with Crippen LogP contribution in [0.1, 0.15) is 123 Å². The Morgan fingerprint density at radius 3 is 1.72 bits per heavy atom. The smallest absolute Gasteiger partial charge is 0.362 e. The van der Waals surface area contributed by atoms with Crippen LogP contribution in [-0.4, -0.2) is 80.6 Å². The van der Waals surface area contributed by atoms with Crippen molar-refractivity contribution >= 4 is 17.9 Å². The molecule has 0 heterocycles. The van der Waals surface area contributed by atoms with Gasteiger partial charge in [-0.1, -0.05) is 130 Å². The number of aliphatic carboxylic acids is 1. The maximum Gasteiger partial charge on any atom is 0.362 e. The van der Waals surface area contributed by atoms with Gasteiger partial charge in [0.05, 0.1) is 34.4 Å². The van der Waals surface area contributed by atoms with Crippen LogP contribution in [0.25, 0.3) is 0 Å². The number of esters is 2. The molecule has 0 aliphatic carbocycles. The van der Waals surface area contributed by atoms with Crippen molar-refractivity contribution in [2.45, 2.75) is 135 Å². The van der Waals surface area contributed by atoms with Crippen LogP contribution in [0.5, 0.6) is 0 Å². The van der Waals surface area contributed by atoms with Gasteiger partial charge in [-0.15, -0.1) is 0 Å². The maximum atomic E-state index is 12.7. The number of hydrogen-bond acceptors (Lipinski definition) is 6. The van der Waals surface area contributed by atoms with Crippen LogP contribution in [0.2, 0.25) is 0 Å². The van der Waals surface area contributed by atoms with Crippen molar-refractivity contribution < 1.29 is 38.2 Å². The van der Waals surface area contributed by atoms with Crippen molar-refractivity contribution in [3.8, 4) is 0 Å². The molecule has 1 N–H and O–H groups in total. The highest BCUT2D eigenvalue weighted by atomic mass is 16.6. The zero-order chi connectivity index (χ0) is 40.0. The van der Waals surface area contributed by atoms with Crippen LogP contribution in [0.15, 0.2) is 97.2 Å². The number of rotatable bonds is 34. The van der Waals surface area contributed by atoms with Gasteiger partial charge in [-0.25, -0.2) is 4.79 Å². The van der Waals surface area contributed by atoms with Gasteiger partial charge in [-0.05, 0) is 70.6 Å². The summed E-state index contributed by atoms with van der Waals surface area (Å²) in [5.74, 6) is -1.61. The van der Waals surface area contributed by atoms with E-state index in [2.05, 4.69) is 74.6 Å². The van der Waals surface area contributed by atoms with Crippen LogP contribution < -0.4 is 0 Å². The van der Waals surface area contributed by atoms with Crippen LogP contribution in [0.3, 0.4) is 0 Å². The fourth-order valence-electron chi connectivity index (χ4n) is 5.15. The van der Waals surface area contributed by atoms with Crippen molar-refractivity contribution in [1.29, 1.82) is 0 Å². The minimum absolute atomic E-state index is 0.0209. The fourth-order valence-corrected chi connectivity index (χ4v) is 5.15. The molecule has 0 aromatic heterocycles. The Kier molecular flexibility index (Phi) is 33.7. The predicted molar refractivity (Wildman–Crippen MR) is 224 cm³/mol. The molecular formula is C46H74NO7+. The number of carboxylic acids is 1. The molecule has 0 rings (SSSR count). The summed E-state index contributed by atoms with van der Waals surface area (Å²) in [4.78, 5) is 36.8. The molecule has 0 radical (unpaired) electrons. The number of likely N-dealkylation sites (N-methyl/N-ethyl adjacent to an activating group) is 1. The maximum absolute atomic E-state index is 12.7. The molecule has 8 heteroatoms. The lowest BCUT2D eigenvalue weighted by molar-refractivity contribution is -0.887. The Bertz CT molecular complexity index is 1200. The molecule has 0 spiro atoms. The van der Waals surface area contributed by atoms with Crippen molar-refractivity contribution in [2.75, 3.05) is 41.0 Å². The Morgan fingerprint density at radius 1 is 0.593 bits per heavy atom. The number of carboxylic acid groups (broad SMARTS) is 1. The van der Waals surface area contributed by atoms with E-state index in [1.165, 1.54) is 25.7 Å². The average Bonchev–Trinajstić information content (AvgIpc) is 3.12.